The second-order valence-corrected chi connectivity index (χ2v) is 8.58. The Morgan fingerprint density at radius 3 is 2.54 bits per heavy atom. The van der Waals surface area contributed by atoms with Crippen LogP contribution in [0.3, 0.4) is 0 Å². The second-order valence-electron chi connectivity index (χ2n) is 6.65. The fourth-order valence-corrected chi connectivity index (χ4v) is 4.90. The van der Waals surface area contributed by atoms with Crippen molar-refractivity contribution in [2.45, 2.75) is 19.3 Å². The lowest BCUT2D eigenvalue weighted by Crippen LogP contribution is -2.47. The molecule has 0 aliphatic carbocycles. The van der Waals surface area contributed by atoms with Gasteiger partial charge in [-0.15, -0.1) is 0 Å². The first-order chi connectivity index (χ1) is 11.4. The topological polar surface area (TPSA) is 66.0 Å². The minimum Gasteiger partial charge on any atom is -0.379 e. The summed E-state index contributed by atoms with van der Waals surface area (Å²) in [4.78, 5) is 6.70. The average Bonchev–Trinajstić information content (AvgIpc) is 3.06. The van der Waals surface area contributed by atoms with Gasteiger partial charge in [-0.1, -0.05) is 0 Å². The number of hydrogen-bond donors (Lipinski definition) is 0. The molecule has 0 N–H and O–H groups in total. The van der Waals surface area contributed by atoms with Gasteiger partial charge in [0, 0.05) is 63.3 Å². The zero-order chi connectivity index (χ0) is 17.3. The molecule has 3 heterocycles. The van der Waals surface area contributed by atoms with E-state index in [-0.39, 0.29) is 5.92 Å². The summed E-state index contributed by atoms with van der Waals surface area (Å²) >= 11 is 0. The van der Waals surface area contributed by atoms with E-state index in [0.29, 0.717) is 39.4 Å². The highest BCUT2D eigenvalue weighted by atomic mass is 32.2. The van der Waals surface area contributed by atoms with Gasteiger partial charge >= 0.3 is 0 Å². The van der Waals surface area contributed by atoms with E-state index in [0.717, 1.165) is 23.5 Å². The van der Waals surface area contributed by atoms with Crippen LogP contribution in [0.1, 0.15) is 23.7 Å². The zero-order valence-electron chi connectivity index (χ0n) is 14.6. The number of hydrogen-bond acceptors (Lipinski definition) is 5. The molecule has 1 unspecified atom stereocenters. The van der Waals surface area contributed by atoms with Crippen LogP contribution in [0.2, 0.25) is 0 Å². The molecule has 0 radical (unpaired) electrons. The van der Waals surface area contributed by atoms with E-state index in [1.165, 1.54) is 4.31 Å². The number of morpholine rings is 1. The van der Waals surface area contributed by atoms with Crippen LogP contribution in [0.5, 0.6) is 0 Å². The molecular weight excluding hydrogens is 328 g/mol. The average molecular weight is 354 g/mol. The molecular formula is C16H26N4O3S. The summed E-state index contributed by atoms with van der Waals surface area (Å²) in [6, 6.07) is 4.11. The molecule has 0 spiro atoms. The van der Waals surface area contributed by atoms with Crippen molar-refractivity contribution < 1.29 is 13.2 Å². The summed E-state index contributed by atoms with van der Waals surface area (Å²) < 4.78 is 33.9. The Labute approximate surface area is 144 Å². The van der Waals surface area contributed by atoms with Crippen molar-refractivity contribution in [3.8, 4) is 0 Å². The number of rotatable bonds is 4. The predicted molar refractivity (Wildman–Crippen MR) is 93.5 cm³/mol. The third-order valence-corrected chi connectivity index (χ3v) is 6.67. The maximum atomic E-state index is 12.8. The third kappa shape index (κ3) is 3.56. The van der Waals surface area contributed by atoms with E-state index in [1.54, 1.807) is 4.31 Å². The molecule has 3 rings (SSSR count). The fourth-order valence-electron chi connectivity index (χ4n) is 3.26. The lowest BCUT2D eigenvalue weighted by atomic mass is 10.0. The van der Waals surface area contributed by atoms with E-state index in [9.17, 15) is 8.42 Å². The Hall–Kier alpha value is -1.22. The number of anilines is 1. The number of ether oxygens (including phenoxy) is 1. The Morgan fingerprint density at radius 1 is 1.17 bits per heavy atom. The first kappa shape index (κ1) is 17.6. The smallest absolute Gasteiger partial charge is 0.282 e. The molecule has 0 bridgehead atoms. The number of pyridine rings is 1. The van der Waals surface area contributed by atoms with E-state index < -0.39 is 10.2 Å². The molecule has 134 valence electrons. The molecule has 8 heteroatoms. The molecule has 1 aromatic heterocycles. The summed E-state index contributed by atoms with van der Waals surface area (Å²) in [6.07, 6.45) is 0.812. The van der Waals surface area contributed by atoms with Crippen LogP contribution in [0.4, 0.5) is 5.69 Å². The summed E-state index contributed by atoms with van der Waals surface area (Å²) in [5.74, 6) is 0.152. The monoisotopic (exact) mass is 354 g/mol. The molecule has 2 aliphatic heterocycles. The van der Waals surface area contributed by atoms with Gasteiger partial charge in [0.25, 0.3) is 10.2 Å². The summed E-state index contributed by atoms with van der Waals surface area (Å²) in [6.45, 7) is 4.87. The van der Waals surface area contributed by atoms with Crippen LogP contribution in [-0.4, -0.2) is 75.5 Å². The molecule has 2 saturated heterocycles. The Morgan fingerprint density at radius 2 is 1.88 bits per heavy atom. The normalized spacial score (nSPS) is 23.5. The van der Waals surface area contributed by atoms with Crippen LogP contribution in [0.15, 0.2) is 12.1 Å². The Balaban J connectivity index is 1.75. The van der Waals surface area contributed by atoms with Crippen LogP contribution in [-0.2, 0) is 14.9 Å². The first-order valence-corrected chi connectivity index (χ1v) is 9.76. The van der Waals surface area contributed by atoms with Crippen LogP contribution in [0, 0.1) is 6.92 Å². The Kier molecular flexibility index (Phi) is 5.10. The van der Waals surface area contributed by atoms with Gasteiger partial charge in [-0.25, -0.2) is 0 Å². The summed E-state index contributed by atoms with van der Waals surface area (Å²) in [5, 5.41) is 0. The molecule has 1 aromatic rings. The van der Waals surface area contributed by atoms with Crippen molar-refractivity contribution >= 4 is 15.9 Å². The van der Waals surface area contributed by atoms with Gasteiger partial charge in [0.1, 0.15) is 0 Å². The first-order valence-electron chi connectivity index (χ1n) is 8.37. The van der Waals surface area contributed by atoms with Gasteiger partial charge in [0.05, 0.1) is 13.2 Å². The molecule has 24 heavy (non-hydrogen) atoms. The summed E-state index contributed by atoms with van der Waals surface area (Å²) in [5.41, 5.74) is 3.05. The van der Waals surface area contributed by atoms with Gasteiger partial charge in [-0.05, 0) is 25.5 Å². The van der Waals surface area contributed by atoms with Crippen LogP contribution >= 0.6 is 0 Å². The highest BCUT2D eigenvalue weighted by Gasteiger charge is 2.37. The molecule has 0 aromatic carbocycles. The van der Waals surface area contributed by atoms with Gasteiger partial charge < -0.3 is 9.64 Å². The molecule has 2 aliphatic rings. The van der Waals surface area contributed by atoms with Gasteiger partial charge in [0.2, 0.25) is 0 Å². The lowest BCUT2D eigenvalue weighted by molar-refractivity contribution is 0.0705. The standard InChI is InChI=1S/C16H26N4O3S/c1-13-10-15(18(2)3)11-16(17-13)14-4-5-20(12-14)24(21,22)19-6-8-23-9-7-19/h10-11,14H,4-9,12H2,1-3H3. The van der Waals surface area contributed by atoms with E-state index in [2.05, 4.69) is 16.0 Å². The van der Waals surface area contributed by atoms with Crippen molar-refractivity contribution in [3.63, 3.8) is 0 Å². The maximum Gasteiger partial charge on any atom is 0.282 e. The minimum atomic E-state index is -3.39. The lowest BCUT2D eigenvalue weighted by Gasteiger charge is -2.30. The fraction of sp³-hybridized carbons (Fsp3) is 0.688. The van der Waals surface area contributed by atoms with Crippen LogP contribution < -0.4 is 4.90 Å². The van der Waals surface area contributed by atoms with Crippen molar-refractivity contribution in [2.75, 3.05) is 58.4 Å². The third-order valence-electron chi connectivity index (χ3n) is 4.67. The van der Waals surface area contributed by atoms with Crippen molar-refractivity contribution in [2.24, 2.45) is 0 Å². The van der Waals surface area contributed by atoms with E-state index in [1.807, 2.05) is 27.1 Å². The largest absolute Gasteiger partial charge is 0.379 e. The number of aromatic nitrogens is 1. The maximum absolute atomic E-state index is 12.8. The quantitative estimate of drug-likeness (QED) is 0.801. The predicted octanol–water partition coefficient (Wildman–Crippen LogP) is 0.822. The van der Waals surface area contributed by atoms with Gasteiger partial charge in [0.15, 0.2) is 0 Å². The minimum absolute atomic E-state index is 0.152. The zero-order valence-corrected chi connectivity index (χ0v) is 15.4. The number of nitrogens with zero attached hydrogens (tertiary/aromatic N) is 4. The molecule has 1 atom stereocenters. The molecule has 7 nitrogen and oxygen atoms in total. The van der Waals surface area contributed by atoms with Gasteiger partial charge in [-0.3, -0.25) is 4.98 Å². The highest BCUT2D eigenvalue weighted by molar-refractivity contribution is 7.86. The number of aryl methyl sites for hydroxylation is 1. The van der Waals surface area contributed by atoms with Crippen molar-refractivity contribution in [1.82, 2.24) is 13.6 Å². The van der Waals surface area contributed by atoms with Crippen molar-refractivity contribution in [1.29, 1.82) is 0 Å². The van der Waals surface area contributed by atoms with Crippen LogP contribution in [0.25, 0.3) is 0 Å². The van der Waals surface area contributed by atoms with E-state index in [4.69, 9.17) is 4.74 Å². The van der Waals surface area contributed by atoms with E-state index >= 15 is 0 Å². The summed E-state index contributed by atoms with van der Waals surface area (Å²) in [7, 11) is 0.614. The second kappa shape index (κ2) is 6.95. The molecule has 0 amide bonds. The van der Waals surface area contributed by atoms with Gasteiger partial charge in [-0.2, -0.15) is 17.0 Å². The molecule has 2 fully saturated rings. The highest BCUT2D eigenvalue weighted by Crippen LogP contribution is 2.31. The van der Waals surface area contributed by atoms with Crippen molar-refractivity contribution in [3.05, 3.63) is 23.5 Å². The molecule has 0 saturated carbocycles. The Bertz CT molecular complexity index is 687. The SMILES string of the molecule is Cc1cc(N(C)C)cc(C2CCN(S(=O)(=O)N3CCOCC3)C2)n1.